The molecule has 27 heavy (non-hydrogen) atoms. The lowest BCUT2D eigenvalue weighted by molar-refractivity contribution is -0.149. The minimum Gasteiger partial charge on any atom is -0.462 e. The molecule has 0 saturated carbocycles. The minimum atomic E-state index is -2.02. The Hall–Kier alpha value is -1.58. The molecule has 1 aliphatic rings. The van der Waals surface area contributed by atoms with Gasteiger partial charge in [-0.2, -0.15) is 4.98 Å². The van der Waals surface area contributed by atoms with E-state index < -0.39 is 32.5 Å². The van der Waals surface area contributed by atoms with Crippen LogP contribution in [0.3, 0.4) is 0 Å². The van der Waals surface area contributed by atoms with Crippen molar-refractivity contribution in [3.63, 3.8) is 0 Å². The first-order chi connectivity index (χ1) is 12.7. The third-order valence-corrected chi connectivity index (χ3v) is 4.97. The fraction of sp³-hybridized carbons (Fsp3) is 0.688. The molecule has 1 aromatic heterocycles. The molecular formula is C16H27N4O6P. The van der Waals surface area contributed by atoms with Crippen LogP contribution in [0.25, 0.3) is 0 Å². The van der Waals surface area contributed by atoms with Gasteiger partial charge >= 0.3 is 11.7 Å². The number of hydrogen-bond donors (Lipinski definition) is 3. The maximum absolute atomic E-state index is 12.0. The standard InChI is InChI=1S/C16H27N4O6P/c1-9(2)25-15(21)11(4)19-27(23)24-8-12-7-10(3)14(26-12)20-6-5-13(17)18-16(20)22/h5-6,9-12,14,19,23H,7-8H2,1-4H3,(H2,17,18,22). The molecule has 1 saturated heterocycles. The van der Waals surface area contributed by atoms with Crippen LogP contribution in [-0.2, 0) is 18.8 Å². The first-order valence-corrected chi connectivity index (χ1v) is 9.97. The summed E-state index contributed by atoms with van der Waals surface area (Å²) in [5.74, 6) is -0.250. The molecule has 2 rings (SSSR count). The van der Waals surface area contributed by atoms with Crippen molar-refractivity contribution in [2.24, 2.45) is 5.92 Å². The maximum atomic E-state index is 12.0. The Bertz CT molecular complexity index is 700. The molecule has 0 radical (unpaired) electrons. The van der Waals surface area contributed by atoms with Crippen molar-refractivity contribution in [1.29, 1.82) is 0 Å². The van der Waals surface area contributed by atoms with Crippen molar-refractivity contribution >= 4 is 20.3 Å². The van der Waals surface area contributed by atoms with Crippen molar-refractivity contribution in [1.82, 2.24) is 14.6 Å². The van der Waals surface area contributed by atoms with Crippen molar-refractivity contribution < 1.29 is 23.7 Å². The molecule has 2 heterocycles. The van der Waals surface area contributed by atoms with Crippen LogP contribution in [0.4, 0.5) is 5.82 Å². The van der Waals surface area contributed by atoms with Gasteiger partial charge in [-0.25, -0.2) is 9.88 Å². The fourth-order valence-corrected chi connectivity index (χ4v) is 3.55. The van der Waals surface area contributed by atoms with Gasteiger partial charge in [0, 0.05) is 12.1 Å². The molecule has 4 N–H and O–H groups in total. The number of anilines is 1. The second-order valence-corrected chi connectivity index (χ2v) is 7.87. The average Bonchev–Trinajstić information content (AvgIpc) is 2.93. The summed E-state index contributed by atoms with van der Waals surface area (Å²) in [5, 5.41) is 2.67. The summed E-state index contributed by atoms with van der Waals surface area (Å²) in [7, 11) is -2.02. The van der Waals surface area contributed by atoms with E-state index in [1.165, 1.54) is 10.6 Å². The van der Waals surface area contributed by atoms with Gasteiger partial charge in [0.1, 0.15) is 18.1 Å². The van der Waals surface area contributed by atoms with E-state index in [1.54, 1.807) is 27.0 Å². The van der Waals surface area contributed by atoms with Gasteiger partial charge in [-0.1, -0.05) is 6.92 Å². The molecule has 0 aromatic carbocycles. The first kappa shape index (κ1) is 21.7. The number of carbonyl (C=O) groups is 1. The Morgan fingerprint density at radius 2 is 2.26 bits per heavy atom. The lowest BCUT2D eigenvalue weighted by atomic mass is 10.1. The Balaban J connectivity index is 1.83. The number of ether oxygens (including phenoxy) is 2. The van der Waals surface area contributed by atoms with E-state index in [0.717, 1.165) is 0 Å². The van der Waals surface area contributed by atoms with Gasteiger partial charge in [-0.3, -0.25) is 9.36 Å². The van der Waals surface area contributed by atoms with Gasteiger partial charge in [-0.15, -0.1) is 0 Å². The lowest BCUT2D eigenvalue weighted by Gasteiger charge is -2.20. The van der Waals surface area contributed by atoms with Gasteiger partial charge in [0.05, 0.1) is 18.8 Å². The normalized spacial score (nSPS) is 24.7. The molecule has 0 aliphatic carbocycles. The number of esters is 1. The highest BCUT2D eigenvalue weighted by molar-refractivity contribution is 7.43. The van der Waals surface area contributed by atoms with Gasteiger partial charge in [0.25, 0.3) is 8.53 Å². The monoisotopic (exact) mass is 402 g/mol. The Morgan fingerprint density at radius 3 is 2.89 bits per heavy atom. The number of nitrogens with two attached hydrogens (primary N) is 1. The van der Waals surface area contributed by atoms with Gasteiger partial charge in [0.2, 0.25) is 0 Å². The molecule has 5 unspecified atom stereocenters. The number of carbonyl (C=O) groups excluding carboxylic acids is 1. The van der Waals surface area contributed by atoms with Gasteiger partial charge in [-0.05, 0) is 33.3 Å². The van der Waals surface area contributed by atoms with Crippen molar-refractivity contribution in [3.8, 4) is 0 Å². The minimum absolute atomic E-state index is 0.0551. The zero-order chi connectivity index (χ0) is 20.1. The summed E-state index contributed by atoms with van der Waals surface area (Å²) in [6, 6.07) is 0.842. The molecule has 0 spiro atoms. The van der Waals surface area contributed by atoms with Crippen LogP contribution in [0.5, 0.6) is 0 Å². The summed E-state index contributed by atoms with van der Waals surface area (Å²) in [4.78, 5) is 37.4. The molecule has 11 heteroatoms. The van der Waals surface area contributed by atoms with E-state index in [2.05, 4.69) is 10.1 Å². The SMILES string of the molecule is CC(C)OC(=O)C(C)NP(O)OCC1CC(C)C(n2ccc(N)nc2=O)O1. The van der Waals surface area contributed by atoms with Crippen molar-refractivity contribution in [3.05, 3.63) is 22.7 Å². The summed E-state index contributed by atoms with van der Waals surface area (Å²) in [5.41, 5.74) is 5.03. The smallest absolute Gasteiger partial charge is 0.351 e. The highest BCUT2D eigenvalue weighted by atomic mass is 31.2. The van der Waals surface area contributed by atoms with Crippen molar-refractivity contribution in [2.75, 3.05) is 12.3 Å². The third kappa shape index (κ3) is 6.22. The van der Waals surface area contributed by atoms with Crippen LogP contribution < -0.4 is 16.5 Å². The summed E-state index contributed by atoms with van der Waals surface area (Å²) < 4.78 is 17.7. The van der Waals surface area contributed by atoms with E-state index in [9.17, 15) is 14.5 Å². The molecule has 152 valence electrons. The number of aromatic nitrogens is 2. The Labute approximate surface area is 159 Å². The largest absolute Gasteiger partial charge is 0.462 e. The van der Waals surface area contributed by atoms with E-state index >= 15 is 0 Å². The number of rotatable bonds is 8. The molecule has 10 nitrogen and oxygen atoms in total. The Morgan fingerprint density at radius 1 is 1.56 bits per heavy atom. The predicted octanol–water partition coefficient (Wildman–Crippen LogP) is 0.915. The van der Waals surface area contributed by atoms with Gasteiger partial charge in [0.15, 0.2) is 0 Å². The van der Waals surface area contributed by atoms with E-state index in [-0.39, 0.29) is 30.6 Å². The molecule has 0 bridgehead atoms. The van der Waals surface area contributed by atoms with Crippen molar-refractivity contribution in [2.45, 2.75) is 58.6 Å². The first-order valence-electron chi connectivity index (χ1n) is 8.76. The van der Waals surface area contributed by atoms with Gasteiger partial charge < -0.3 is 24.6 Å². The highest BCUT2D eigenvalue weighted by Gasteiger charge is 2.35. The fourth-order valence-electron chi connectivity index (χ4n) is 2.73. The lowest BCUT2D eigenvalue weighted by Crippen LogP contribution is -2.34. The summed E-state index contributed by atoms with van der Waals surface area (Å²) in [6.07, 6.45) is 1.19. The second kappa shape index (κ2) is 9.57. The van der Waals surface area contributed by atoms with E-state index in [4.69, 9.17) is 19.7 Å². The Kier molecular flexibility index (Phi) is 7.69. The molecular weight excluding hydrogens is 375 g/mol. The molecule has 1 aromatic rings. The highest BCUT2D eigenvalue weighted by Crippen LogP contribution is 2.35. The third-order valence-electron chi connectivity index (χ3n) is 3.97. The number of nitrogens with zero attached hydrogens (tertiary/aromatic N) is 2. The average molecular weight is 402 g/mol. The number of nitrogens with one attached hydrogen (secondary N) is 1. The topological polar surface area (TPSA) is 138 Å². The van der Waals surface area contributed by atoms with Crippen LogP contribution >= 0.6 is 8.53 Å². The molecule has 1 fully saturated rings. The quantitative estimate of drug-likeness (QED) is 0.428. The summed E-state index contributed by atoms with van der Waals surface area (Å²) in [6.45, 7) is 7.17. The van der Waals surface area contributed by atoms with Crippen LogP contribution in [-0.4, -0.2) is 45.3 Å². The number of nitrogen functional groups attached to an aromatic ring is 1. The maximum Gasteiger partial charge on any atom is 0.351 e. The zero-order valence-corrected chi connectivity index (χ0v) is 16.8. The molecule has 5 atom stereocenters. The second-order valence-electron chi connectivity index (χ2n) is 6.81. The predicted molar refractivity (Wildman–Crippen MR) is 99.5 cm³/mol. The number of hydrogen-bond acceptors (Lipinski definition) is 9. The van der Waals surface area contributed by atoms with Crippen LogP contribution in [0.1, 0.15) is 40.3 Å². The molecule has 1 aliphatic heterocycles. The van der Waals surface area contributed by atoms with Crippen LogP contribution in [0, 0.1) is 5.92 Å². The van der Waals surface area contributed by atoms with E-state index in [1.807, 2.05) is 6.92 Å². The molecule has 0 amide bonds. The van der Waals surface area contributed by atoms with Crippen LogP contribution in [0.15, 0.2) is 17.1 Å². The summed E-state index contributed by atoms with van der Waals surface area (Å²) >= 11 is 0. The van der Waals surface area contributed by atoms with E-state index in [0.29, 0.717) is 6.42 Å². The van der Waals surface area contributed by atoms with Crippen LogP contribution in [0.2, 0.25) is 0 Å². The zero-order valence-electron chi connectivity index (χ0n) is 15.9.